The number of halogens is 1. The highest BCUT2D eigenvalue weighted by Gasteiger charge is 2.16. The second-order valence-corrected chi connectivity index (χ2v) is 7.80. The fourth-order valence-electron chi connectivity index (χ4n) is 3.19. The van der Waals surface area contributed by atoms with Gasteiger partial charge in [-0.05, 0) is 43.2 Å². The normalized spacial score (nSPS) is 14.2. The first kappa shape index (κ1) is 18.5. The average molecular weight is 396 g/mol. The van der Waals surface area contributed by atoms with Crippen LogP contribution in [0.25, 0.3) is 0 Å². The van der Waals surface area contributed by atoms with E-state index in [1.54, 1.807) is 24.5 Å². The molecule has 0 atom stereocenters. The minimum Gasteiger partial charge on any atom is -0.383 e. The molecule has 0 radical (unpaired) electrons. The van der Waals surface area contributed by atoms with Crippen molar-refractivity contribution < 1.29 is 4.39 Å². The molecular weight excluding hydrogens is 375 g/mol. The molecule has 0 bridgehead atoms. The van der Waals surface area contributed by atoms with Crippen LogP contribution in [-0.2, 0) is 0 Å². The van der Waals surface area contributed by atoms with Gasteiger partial charge >= 0.3 is 0 Å². The lowest BCUT2D eigenvalue weighted by atomic mass is 10.2. The van der Waals surface area contributed by atoms with Gasteiger partial charge in [0.2, 0.25) is 5.95 Å². The number of nitrogen functional groups attached to an aromatic ring is 1. The fourth-order valence-corrected chi connectivity index (χ4v) is 3.99. The first-order valence-electron chi connectivity index (χ1n) is 9.21. The first-order valence-corrected chi connectivity index (χ1v) is 10.0. The minimum absolute atomic E-state index is 0.307. The summed E-state index contributed by atoms with van der Waals surface area (Å²) >= 11 is 1.35. The number of hydrogen-bond acceptors (Lipinski definition) is 7. The maximum absolute atomic E-state index is 14.5. The lowest BCUT2D eigenvalue weighted by Crippen LogP contribution is -2.17. The number of hydrogen-bond donors (Lipinski definition) is 3. The van der Waals surface area contributed by atoms with Crippen LogP contribution >= 0.6 is 11.8 Å². The van der Waals surface area contributed by atoms with E-state index >= 15 is 0 Å². The maximum Gasteiger partial charge on any atom is 0.226 e. The lowest BCUT2D eigenvalue weighted by Gasteiger charge is -2.14. The molecule has 1 saturated carbocycles. The van der Waals surface area contributed by atoms with Gasteiger partial charge in [-0.15, -0.1) is 0 Å². The largest absolute Gasteiger partial charge is 0.383 e. The van der Waals surface area contributed by atoms with Crippen molar-refractivity contribution in [2.75, 3.05) is 16.4 Å². The van der Waals surface area contributed by atoms with Crippen LogP contribution in [-0.4, -0.2) is 21.0 Å². The van der Waals surface area contributed by atoms with Gasteiger partial charge in [0.25, 0.3) is 0 Å². The third-order valence-electron chi connectivity index (χ3n) is 4.52. The summed E-state index contributed by atoms with van der Waals surface area (Å²) in [6.07, 6.45) is 8.04. The number of anilines is 4. The van der Waals surface area contributed by atoms with Crippen LogP contribution in [0, 0.1) is 5.82 Å². The van der Waals surface area contributed by atoms with Crippen molar-refractivity contribution >= 4 is 35.0 Å². The third-order valence-corrected chi connectivity index (χ3v) is 5.58. The van der Waals surface area contributed by atoms with E-state index in [0.717, 1.165) is 17.7 Å². The van der Waals surface area contributed by atoms with Gasteiger partial charge in [0, 0.05) is 40.0 Å². The van der Waals surface area contributed by atoms with E-state index in [2.05, 4.69) is 25.6 Å². The van der Waals surface area contributed by atoms with E-state index < -0.39 is 0 Å². The van der Waals surface area contributed by atoms with Gasteiger partial charge < -0.3 is 16.4 Å². The van der Waals surface area contributed by atoms with Crippen LogP contribution in [0.1, 0.15) is 25.7 Å². The zero-order chi connectivity index (χ0) is 19.3. The van der Waals surface area contributed by atoms with Gasteiger partial charge in [0.1, 0.15) is 17.5 Å². The monoisotopic (exact) mass is 396 g/mol. The highest BCUT2D eigenvalue weighted by atomic mass is 32.2. The summed E-state index contributed by atoms with van der Waals surface area (Å²) in [6, 6.07) is 10.7. The van der Waals surface area contributed by atoms with Crippen LogP contribution < -0.4 is 16.4 Å². The Bertz CT molecular complexity index is 947. The number of nitrogens with one attached hydrogen (secondary N) is 2. The first-order chi connectivity index (χ1) is 13.7. The van der Waals surface area contributed by atoms with Crippen LogP contribution in [0.5, 0.6) is 0 Å². The van der Waals surface area contributed by atoms with Crippen LogP contribution in [0.3, 0.4) is 0 Å². The zero-order valence-electron chi connectivity index (χ0n) is 15.2. The van der Waals surface area contributed by atoms with Crippen molar-refractivity contribution in [3.8, 4) is 0 Å². The molecule has 144 valence electrons. The van der Waals surface area contributed by atoms with E-state index in [4.69, 9.17) is 5.73 Å². The van der Waals surface area contributed by atoms with E-state index in [-0.39, 0.29) is 5.82 Å². The molecule has 0 spiro atoms. The van der Waals surface area contributed by atoms with E-state index in [1.807, 2.05) is 18.2 Å². The molecule has 2 aromatic heterocycles. The van der Waals surface area contributed by atoms with Crippen LogP contribution in [0.4, 0.5) is 27.7 Å². The predicted molar refractivity (Wildman–Crippen MR) is 110 cm³/mol. The van der Waals surface area contributed by atoms with Crippen molar-refractivity contribution in [1.29, 1.82) is 0 Å². The number of nitrogens with two attached hydrogens (primary N) is 1. The van der Waals surface area contributed by atoms with Gasteiger partial charge in [-0.2, -0.15) is 9.97 Å². The highest BCUT2D eigenvalue weighted by molar-refractivity contribution is 7.99. The predicted octanol–water partition coefficient (Wildman–Crippen LogP) is 4.84. The van der Waals surface area contributed by atoms with Gasteiger partial charge in [0.05, 0.1) is 0 Å². The second kappa shape index (κ2) is 8.43. The smallest absolute Gasteiger partial charge is 0.226 e. The number of aromatic nitrogens is 3. The average Bonchev–Trinajstić information content (AvgIpc) is 3.17. The van der Waals surface area contributed by atoms with Crippen molar-refractivity contribution in [2.45, 2.75) is 41.5 Å². The summed E-state index contributed by atoms with van der Waals surface area (Å²) in [4.78, 5) is 14.2. The molecule has 0 aliphatic heterocycles. The second-order valence-electron chi connectivity index (χ2n) is 6.68. The van der Waals surface area contributed by atoms with Crippen molar-refractivity contribution in [1.82, 2.24) is 15.0 Å². The zero-order valence-corrected chi connectivity index (χ0v) is 16.0. The summed E-state index contributed by atoms with van der Waals surface area (Å²) in [6.45, 7) is 0. The van der Waals surface area contributed by atoms with E-state index in [0.29, 0.717) is 34.2 Å². The minimum atomic E-state index is -0.307. The highest BCUT2D eigenvalue weighted by Crippen LogP contribution is 2.31. The number of pyridine rings is 1. The topological polar surface area (TPSA) is 88.8 Å². The molecule has 1 aliphatic rings. The van der Waals surface area contributed by atoms with Crippen LogP contribution in [0.15, 0.2) is 58.6 Å². The Kier molecular flexibility index (Phi) is 5.57. The molecule has 4 N–H and O–H groups in total. The summed E-state index contributed by atoms with van der Waals surface area (Å²) < 4.78 is 14.5. The van der Waals surface area contributed by atoms with Crippen molar-refractivity contribution in [3.63, 3.8) is 0 Å². The number of rotatable bonds is 6. The van der Waals surface area contributed by atoms with Gasteiger partial charge in [-0.1, -0.05) is 24.6 Å². The summed E-state index contributed by atoms with van der Waals surface area (Å²) in [5, 5.41) is 6.44. The molecule has 28 heavy (non-hydrogen) atoms. The van der Waals surface area contributed by atoms with Gasteiger partial charge in [-0.25, -0.2) is 4.39 Å². The SMILES string of the molecule is Nc1cc(Nc2ccc(Sc3ccncc3)c(F)c2)nc(NC2CCCC2)n1. The summed E-state index contributed by atoms with van der Waals surface area (Å²) in [7, 11) is 0. The van der Waals surface area contributed by atoms with Gasteiger partial charge in [0.15, 0.2) is 0 Å². The molecule has 0 saturated heterocycles. The van der Waals surface area contributed by atoms with E-state index in [9.17, 15) is 4.39 Å². The molecule has 1 aromatic carbocycles. The molecule has 6 nitrogen and oxygen atoms in total. The molecule has 1 aliphatic carbocycles. The Balaban J connectivity index is 1.47. The molecule has 4 rings (SSSR count). The molecule has 2 heterocycles. The van der Waals surface area contributed by atoms with Gasteiger partial charge in [-0.3, -0.25) is 4.98 Å². The Morgan fingerprint density at radius 2 is 1.82 bits per heavy atom. The summed E-state index contributed by atoms with van der Waals surface area (Å²) in [5.74, 6) is 1.09. The lowest BCUT2D eigenvalue weighted by molar-refractivity contribution is 0.602. The number of nitrogens with zero attached hydrogens (tertiary/aromatic N) is 3. The molecule has 8 heteroatoms. The standard InChI is InChI=1S/C20H21FN6S/c21-16-11-14(5-6-17(16)28-15-7-9-23-10-8-15)24-19-12-18(22)26-20(27-19)25-13-3-1-2-4-13/h5-13H,1-4H2,(H4,22,24,25,26,27). The Hall–Kier alpha value is -2.87. The van der Waals surface area contributed by atoms with E-state index in [1.165, 1.54) is 30.7 Å². The Labute approximate surface area is 167 Å². The summed E-state index contributed by atoms with van der Waals surface area (Å²) in [5.41, 5.74) is 6.51. The quantitative estimate of drug-likeness (QED) is 0.549. The van der Waals surface area contributed by atoms with Crippen molar-refractivity contribution in [2.24, 2.45) is 0 Å². The van der Waals surface area contributed by atoms with Crippen molar-refractivity contribution in [3.05, 3.63) is 54.6 Å². The Morgan fingerprint density at radius 1 is 1.04 bits per heavy atom. The molecule has 0 amide bonds. The Morgan fingerprint density at radius 3 is 2.57 bits per heavy atom. The molecular formula is C20H21FN6S. The maximum atomic E-state index is 14.5. The third kappa shape index (κ3) is 4.69. The number of benzene rings is 1. The van der Waals surface area contributed by atoms with Crippen LogP contribution in [0.2, 0.25) is 0 Å². The fraction of sp³-hybridized carbons (Fsp3) is 0.250. The molecule has 0 unspecified atom stereocenters. The molecule has 3 aromatic rings. The molecule has 1 fully saturated rings.